The van der Waals surface area contributed by atoms with Gasteiger partial charge in [-0.25, -0.2) is 4.79 Å². The van der Waals surface area contributed by atoms with Gasteiger partial charge in [-0.1, -0.05) is 18.5 Å². The van der Waals surface area contributed by atoms with Crippen LogP contribution in [0.15, 0.2) is 23.0 Å². The van der Waals surface area contributed by atoms with Crippen LogP contribution in [0.4, 0.5) is 0 Å². The van der Waals surface area contributed by atoms with Crippen LogP contribution in [0, 0.1) is 0 Å². The third-order valence-corrected chi connectivity index (χ3v) is 4.27. The minimum Gasteiger partial charge on any atom is -0.305 e. The highest BCUT2D eigenvalue weighted by Crippen LogP contribution is 2.21. The summed E-state index contributed by atoms with van der Waals surface area (Å²) in [5.74, 6) is 0. The van der Waals surface area contributed by atoms with Crippen LogP contribution in [-0.2, 0) is 6.54 Å². The molecule has 1 unspecified atom stereocenters. The Morgan fingerprint density at radius 1 is 1.47 bits per heavy atom. The van der Waals surface area contributed by atoms with Gasteiger partial charge in [0.1, 0.15) is 0 Å². The first-order valence-electron chi connectivity index (χ1n) is 6.81. The van der Waals surface area contributed by atoms with Gasteiger partial charge in [-0.05, 0) is 44.1 Å². The Bertz CT molecular complexity index is 646. The summed E-state index contributed by atoms with van der Waals surface area (Å²) in [5.41, 5.74) is 1.72. The van der Waals surface area contributed by atoms with E-state index in [1.807, 2.05) is 16.7 Å². The lowest BCUT2D eigenvalue weighted by Gasteiger charge is -2.22. The molecule has 3 rings (SSSR count). The van der Waals surface area contributed by atoms with E-state index in [1.165, 1.54) is 12.8 Å². The van der Waals surface area contributed by atoms with Crippen LogP contribution in [0.3, 0.4) is 0 Å². The maximum atomic E-state index is 12.1. The minimum absolute atomic E-state index is 0.0415. The molecule has 2 heterocycles. The summed E-state index contributed by atoms with van der Waals surface area (Å²) in [6.45, 7) is 5.13. The lowest BCUT2D eigenvalue weighted by Crippen LogP contribution is -2.35. The average Bonchev–Trinajstić information content (AvgIpc) is 2.95. The summed E-state index contributed by atoms with van der Waals surface area (Å²) in [7, 11) is 0. The maximum absolute atomic E-state index is 12.1. The van der Waals surface area contributed by atoms with Crippen molar-refractivity contribution in [1.82, 2.24) is 14.5 Å². The molecule has 102 valence electrons. The average molecular weight is 280 g/mol. The van der Waals surface area contributed by atoms with E-state index in [2.05, 4.69) is 16.8 Å². The zero-order valence-electron chi connectivity index (χ0n) is 11.0. The molecule has 19 heavy (non-hydrogen) atoms. The fourth-order valence-electron chi connectivity index (χ4n) is 3.05. The van der Waals surface area contributed by atoms with E-state index in [-0.39, 0.29) is 5.69 Å². The molecule has 5 heteroatoms. The number of likely N-dealkylation sites (tertiary alicyclic amines) is 1. The fourth-order valence-corrected chi connectivity index (χ4v) is 3.22. The van der Waals surface area contributed by atoms with E-state index in [1.54, 1.807) is 6.07 Å². The standard InChI is InChI=1S/C14H18ClN3O/c1-2-17-7-3-4-11(17)9-18-13-6-5-10(15)8-12(13)16-14(18)19/h5-6,8,11H,2-4,7,9H2,1H3,(H,16,19). The van der Waals surface area contributed by atoms with Crippen molar-refractivity contribution in [1.29, 1.82) is 0 Å². The van der Waals surface area contributed by atoms with Crippen LogP contribution in [0.5, 0.6) is 0 Å². The summed E-state index contributed by atoms with van der Waals surface area (Å²) in [5, 5.41) is 0.650. The van der Waals surface area contributed by atoms with Crippen molar-refractivity contribution in [3.63, 3.8) is 0 Å². The van der Waals surface area contributed by atoms with Gasteiger partial charge >= 0.3 is 5.69 Å². The van der Waals surface area contributed by atoms with E-state index in [0.717, 1.165) is 30.7 Å². The fraction of sp³-hybridized carbons (Fsp3) is 0.500. The third kappa shape index (κ3) is 2.30. The van der Waals surface area contributed by atoms with Gasteiger partial charge in [-0.3, -0.25) is 9.47 Å². The largest absolute Gasteiger partial charge is 0.326 e. The number of imidazole rings is 1. The Morgan fingerprint density at radius 2 is 2.32 bits per heavy atom. The van der Waals surface area contributed by atoms with E-state index in [4.69, 9.17) is 11.6 Å². The van der Waals surface area contributed by atoms with Crippen molar-refractivity contribution >= 4 is 22.6 Å². The normalized spacial score (nSPS) is 20.4. The first-order chi connectivity index (χ1) is 9.19. The molecule has 1 atom stereocenters. The number of H-pyrrole nitrogens is 1. The summed E-state index contributed by atoms with van der Waals surface area (Å²) in [6, 6.07) is 6.03. The maximum Gasteiger partial charge on any atom is 0.326 e. The van der Waals surface area contributed by atoms with Crippen molar-refractivity contribution in [2.24, 2.45) is 0 Å². The van der Waals surface area contributed by atoms with Crippen molar-refractivity contribution < 1.29 is 0 Å². The zero-order chi connectivity index (χ0) is 13.4. The number of halogens is 1. The number of aromatic amines is 1. The van der Waals surface area contributed by atoms with Crippen LogP contribution in [0.1, 0.15) is 19.8 Å². The van der Waals surface area contributed by atoms with Crippen LogP contribution in [0.25, 0.3) is 11.0 Å². The SMILES string of the molecule is CCN1CCCC1Cn1c(=O)[nH]c2cc(Cl)ccc21. The van der Waals surface area contributed by atoms with Gasteiger partial charge < -0.3 is 4.98 Å². The van der Waals surface area contributed by atoms with Gasteiger partial charge in [0.15, 0.2) is 0 Å². The quantitative estimate of drug-likeness (QED) is 0.938. The topological polar surface area (TPSA) is 41.0 Å². The predicted octanol–water partition coefficient (Wildman–Crippen LogP) is 2.47. The molecule has 1 N–H and O–H groups in total. The monoisotopic (exact) mass is 279 g/mol. The number of aromatic nitrogens is 2. The number of benzene rings is 1. The summed E-state index contributed by atoms with van der Waals surface area (Å²) in [4.78, 5) is 17.4. The van der Waals surface area contributed by atoms with E-state index < -0.39 is 0 Å². The molecule has 4 nitrogen and oxygen atoms in total. The van der Waals surface area contributed by atoms with Gasteiger partial charge in [0.05, 0.1) is 11.0 Å². The molecule has 0 spiro atoms. The molecule has 1 aliphatic rings. The first kappa shape index (κ1) is 12.8. The minimum atomic E-state index is -0.0415. The van der Waals surface area contributed by atoms with Crippen LogP contribution in [0.2, 0.25) is 5.02 Å². The molecule has 1 fully saturated rings. The molecule has 0 radical (unpaired) electrons. The smallest absolute Gasteiger partial charge is 0.305 e. The molecule has 0 saturated carbocycles. The first-order valence-corrected chi connectivity index (χ1v) is 7.19. The van der Waals surface area contributed by atoms with Gasteiger partial charge in [-0.2, -0.15) is 0 Å². The Kier molecular flexibility index (Phi) is 3.37. The second-order valence-electron chi connectivity index (χ2n) is 5.13. The van der Waals surface area contributed by atoms with Crippen LogP contribution in [-0.4, -0.2) is 33.6 Å². The molecule has 1 saturated heterocycles. The number of likely N-dealkylation sites (N-methyl/N-ethyl adjacent to an activating group) is 1. The van der Waals surface area contributed by atoms with Gasteiger partial charge in [0.2, 0.25) is 0 Å². The Labute approximate surface area is 117 Å². The number of nitrogens with zero attached hydrogens (tertiary/aromatic N) is 2. The number of fused-ring (bicyclic) bond motifs is 1. The molecule has 2 aromatic rings. The van der Waals surface area contributed by atoms with Crippen LogP contribution >= 0.6 is 11.6 Å². The molecule has 0 bridgehead atoms. The second kappa shape index (κ2) is 5.02. The summed E-state index contributed by atoms with van der Waals surface area (Å²) < 4.78 is 1.84. The van der Waals surface area contributed by atoms with E-state index >= 15 is 0 Å². The number of nitrogens with one attached hydrogen (secondary N) is 1. The zero-order valence-corrected chi connectivity index (χ0v) is 11.8. The third-order valence-electron chi connectivity index (χ3n) is 4.03. The lowest BCUT2D eigenvalue weighted by molar-refractivity contribution is 0.244. The predicted molar refractivity (Wildman–Crippen MR) is 77.8 cm³/mol. The Morgan fingerprint density at radius 3 is 3.11 bits per heavy atom. The van der Waals surface area contributed by atoms with Crippen molar-refractivity contribution in [3.8, 4) is 0 Å². The Balaban J connectivity index is 1.96. The van der Waals surface area contributed by atoms with Crippen molar-refractivity contribution in [3.05, 3.63) is 33.7 Å². The summed E-state index contributed by atoms with van der Waals surface area (Å²) in [6.07, 6.45) is 2.39. The highest BCUT2D eigenvalue weighted by molar-refractivity contribution is 6.31. The number of hydrogen-bond acceptors (Lipinski definition) is 2. The molecule has 1 aromatic heterocycles. The Hall–Kier alpha value is -1.26. The van der Waals surface area contributed by atoms with E-state index in [0.29, 0.717) is 11.1 Å². The number of rotatable bonds is 3. The van der Waals surface area contributed by atoms with Gasteiger partial charge in [0, 0.05) is 17.6 Å². The molecule has 1 aromatic carbocycles. The van der Waals surface area contributed by atoms with Crippen molar-refractivity contribution in [2.45, 2.75) is 32.4 Å². The van der Waals surface area contributed by atoms with Gasteiger partial charge in [-0.15, -0.1) is 0 Å². The highest BCUT2D eigenvalue weighted by Gasteiger charge is 2.24. The van der Waals surface area contributed by atoms with Crippen LogP contribution < -0.4 is 5.69 Å². The molecular weight excluding hydrogens is 262 g/mol. The highest BCUT2D eigenvalue weighted by atomic mass is 35.5. The molecular formula is C14H18ClN3O. The molecule has 0 aliphatic carbocycles. The molecule has 0 amide bonds. The van der Waals surface area contributed by atoms with Crippen molar-refractivity contribution in [2.75, 3.05) is 13.1 Å². The number of hydrogen-bond donors (Lipinski definition) is 1. The van der Waals surface area contributed by atoms with E-state index in [9.17, 15) is 4.79 Å². The van der Waals surface area contributed by atoms with Gasteiger partial charge in [0.25, 0.3) is 0 Å². The summed E-state index contributed by atoms with van der Waals surface area (Å²) >= 11 is 5.96. The second-order valence-corrected chi connectivity index (χ2v) is 5.56. The molecule has 1 aliphatic heterocycles. The lowest BCUT2D eigenvalue weighted by atomic mass is 10.2.